The minimum absolute atomic E-state index is 0.0396. The summed E-state index contributed by atoms with van der Waals surface area (Å²) in [5, 5.41) is 1.63. The molecular weight excluding hydrogens is 466 g/mol. The molecule has 150 valence electrons. The number of halogens is 4. The topological polar surface area (TPSA) is 17.1 Å². The first-order valence-electron chi connectivity index (χ1n) is 9.08. The Hall–Kier alpha value is -1.03. The van der Waals surface area contributed by atoms with Gasteiger partial charge in [-0.25, -0.2) is 0 Å². The van der Waals surface area contributed by atoms with E-state index in [-0.39, 0.29) is 11.2 Å². The summed E-state index contributed by atoms with van der Waals surface area (Å²) in [7, 11) is -0.521. The zero-order valence-corrected chi connectivity index (χ0v) is 19.9. The zero-order chi connectivity index (χ0) is 21.1. The lowest BCUT2D eigenvalue weighted by Crippen LogP contribution is -2.28. The third kappa shape index (κ3) is 3.75. The van der Waals surface area contributed by atoms with Crippen molar-refractivity contribution in [1.82, 2.24) is 0 Å². The quantitative estimate of drug-likeness (QED) is 0.373. The molecule has 0 bridgehead atoms. The van der Waals surface area contributed by atoms with Crippen LogP contribution >= 0.6 is 56.9 Å². The Morgan fingerprint density at radius 3 is 2.14 bits per heavy atom. The maximum atomic E-state index is 13.2. The summed E-state index contributed by atoms with van der Waals surface area (Å²) in [6, 6.07) is 12.0. The number of carbonyl (C=O) groups excluding carboxylic acids is 1. The van der Waals surface area contributed by atoms with E-state index in [1.807, 2.05) is 12.1 Å². The molecule has 2 unspecified atom stereocenters. The molecule has 0 amide bonds. The van der Waals surface area contributed by atoms with Gasteiger partial charge in [-0.05, 0) is 47.4 Å². The van der Waals surface area contributed by atoms with Crippen LogP contribution in [0, 0.1) is 5.92 Å². The normalized spacial score (nSPS) is 21.3. The van der Waals surface area contributed by atoms with Crippen LogP contribution in [0.15, 0.2) is 68.4 Å². The number of hydrogen-bond donors (Lipinski definition) is 0. The molecule has 1 heterocycles. The summed E-state index contributed by atoms with van der Waals surface area (Å²) < 4.78 is 0. The molecule has 0 saturated heterocycles. The summed E-state index contributed by atoms with van der Waals surface area (Å²) >= 11 is 25.2. The third-order valence-electron chi connectivity index (χ3n) is 5.10. The van der Waals surface area contributed by atoms with Gasteiger partial charge >= 0.3 is 0 Å². The number of ketones is 1. The number of rotatable bonds is 1. The Morgan fingerprint density at radius 1 is 0.897 bits per heavy atom. The van der Waals surface area contributed by atoms with Crippen molar-refractivity contribution >= 4 is 67.5 Å². The minimum atomic E-state index is -0.521. The van der Waals surface area contributed by atoms with Gasteiger partial charge in [-0.3, -0.25) is 4.79 Å². The number of carbonyl (C=O) groups is 1. The van der Waals surface area contributed by atoms with Gasteiger partial charge in [0.05, 0.1) is 26.0 Å². The third-order valence-corrected chi connectivity index (χ3v) is 8.92. The summed E-state index contributed by atoms with van der Waals surface area (Å²) in [4.78, 5) is 16.1. The van der Waals surface area contributed by atoms with Crippen LogP contribution in [0.2, 0.25) is 10.0 Å². The summed E-state index contributed by atoms with van der Waals surface area (Å²) in [6.07, 6.45) is 3.56. The number of benzene rings is 2. The van der Waals surface area contributed by atoms with Crippen molar-refractivity contribution in [3.63, 3.8) is 0 Å². The van der Waals surface area contributed by atoms with Crippen LogP contribution in [0.25, 0.3) is 0 Å². The highest BCUT2D eigenvalue weighted by Gasteiger charge is 2.35. The predicted octanol–water partition coefficient (Wildman–Crippen LogP) is 8.22. The molecule has 1 nitrogen and oxygen atoms in total. The Kier molecular flexibility index (Phi) is 5.55. The summed E-state index contributed by atoms with van der Waals surface area (Å²) in [5.74, 6) is -0.498. The van der Waals surface area contributed by atoms with Crippen LogP contribution in [0.1, 0.15) is 36.7 Å². The van der Waals surface area contributed by atoms with E-state index in [0.717, 1.165) is 14.7 Å². The zero-order valence-electron chi connectivity index (χ0n) is 16.0. The van der Waals surface area contributed by atoms with E-state index >= 15 is 0 Å². The molecule has 2 aliphatic rings. The largest absolute Gasteiger partial charge is 0.293 e. The van der Waals surface area contributed by atoms with E-state index < -0.39 is 16.4 Å². The molecule has 0 aromatic heterocycles. The van der Waals surface area contributed by atoms with E-state index in [0.29, 0.717) is 25.7 Å². The van der Waals surface area contributed by atoms with Gasteiger partial charge in [0.1, 0.15) is 0 Å². The Labute approximate surface area is 193 Å². The van der Waals surface area contributed by atoms with Crippen LogP contribution in [0.5, 0.6) is 0 Å². The van der Waals surface area contributed by atoms with Crippen LogP contribution < -0.4 is 0 Å². The van der Waals surface area contributed by atoms with Gasteiger partial charge in [-0.2, -0.15) is 0 Å². The molecular formula is C23H18Cl4OS. The lowest BCUT2D eigenvalue weighted by Gasteiger charge is -2.30. The second-order valence-electron chi connectivity index (χ2n) is 8.09. The SMILES string of the molecule is CC(C)(C)c1ccc(S2=C3C=C(Cl)C(Cl)=CC3C(=O)c3cc(Cl)c(Cl)cc32)cc1. The van der Waals surface area contributed by atoms with Crippen molar-refractivity contribution in [2.45, 2.75) is 36.0 Å². The van der Waals surface area contributed by atoms with E-state index in [9.17, 15) is 4.79 Å². The molecule has 0 N–H and O–H groups in total. The number of fused-ring (bicyclic) bond motifs is 2. The Bertz CT molecular complexity index is 1130. The van der Waals surface area contributed by atoms with Gasteiger partial charge in [0.2, 0.25) is 0 Å². The lowest BCUT2D eigenvalue weighted by atomic mass is 9.87. The molecule has 6 heteroatoms. The predicted molar refractivity (Wildman–Crippen MR) is 126 cm³/mol. The number of Topliss-reactive ketones (excluding diaryl/α,β-unsaturated/α-hetero) is 1. The smallest absolute Gasteiger partial charge is 0.175 e. The molecule has 4 rings (SSSR count). The van der Waals surface area contributed by atoms with Gasteiger partial charge in [-0.15, -0.1) is 10.5 Å². The first-order chi connectivity index (χ1) is 13.6. The fraction of sp³-hybridized carbons (Fsp3) is 0.217. The van der Waals surface area contributed by atoms with Crippen LogP contribution in [-0.2, 0) is 5.41 Å². The maximum absolute atomic E-state index is 13.2. The maximum Gasteiger partial charge on any atom is 0.175 e. The van der Waals surface area contributed by atoms with Gasteiger partial charge in [0, 0.05) is 20.2 Å². The number of allylic oxidation sites excluding steroid dienone is 4. The van der Waals surface area contributed by atoms with Gasteiger partial charge in [0.25, 0.3) is 0 Å². The molecule has 0 saturated carbocycles. The Balaban J connectivity index is 2.01. The summed E-state index contributed by atoms with van der Waals surface area (Å²) in [6.45, 7) is 6.55. The first-order valence-corrected chi connectivity index (χ1v) is 11.8. The van der Waals surface area contributed by atoms with Gasteiger partial charge in [-0.1, -0.05) is 79.3 Å². The van der Waals surface area contributed by atoms with Crippen molar-refractivity contribution in [3.05, 3.63) is 79.8 Å². The second-order valence-corrected chi connectivity index (χ2v) is 11.7. The van der Waals surface area contributed by atoms with Crippen molar-refractivity contribution in [3.8, 4) is 0 Å². The van der Waals surface area contributed by atoms with Crippen molar-refractivity contribution < 1.29 is 4.79 Å². The summed E-state index contributed by atoms with van der Waals surface area (Å²) in [5.41, 5.74) is 1.89. The average Bonchev–Trinajstić information content (AvgIpc) is 2.65. The van der Waals surface area contributed by atoms with Crippen molar-refractivity contribution in [2.75, 3.05) is 0 Å². The molecule has 0 fully saturated rings. The standard InChI is InChI=1S/C23H18Cl4OS/c1-23(2,3)12-4-6-13(7-5-12)29-20-10-18(26)16(24)8-14(20)22(28)15-9-17(25)19(27)11-21(15)29/h4-11,14H,1-3H3. The molecule has 1 aliphatic carbocycles. The van der Waals surface area contributed by atoms with E-state index in [1.165, 1.54) is 5.56 Å². The second kappa shape index (κ2) is 7.59. The lowest BCUT2D eigenvalue weighted by molar-refractivity contribution is 0.0969. The fourth-order valence-corrected chi connectivity index (χ4v) is 6.81. The van der Waals surface area contributed by atoms with Gasteiger partial charge in [0.15, 0.2) is 5.78 Å². The Morgan fingerprint density at radius 2 is 1.52 bits per heavy atom. The van der Waals surface area contributed by atoms with E-state index in [4.69, 9.17) is 46.4 Å². The molecule has 0 radical (unpaired) electrons. The molecule has 2 aromatic rings. The molecule has 1 aliphatic heterocycles. The molecule has 0 spiro atoms. The van der Waals surface area contributed by atoms with Crippen molar-refractivity contribution in [2.24, 2.45) is 5.92 Å². The molecule has 2 aromatic carbocycles. The number of hydrogen-bond acceptors (Lipinski definition) is 1. The van der Waals surface area contributed by atoms with Gasteiger partial charge < -0.3 is 0 Å². The first kappa shape index (κ1) is 21.2. The fourth-order valence-electron chi connectivity index (χ4n) is 3.52. The van der Waals surface area contributed by atoms with Crippen molar-refractivity contribution in [1.29, 1.82) is 0 Å². The highest BCUT2D eigenvalue weighted by atomic mass is 35.5. The molecule has 29 heavy (non-hydrogen) atoms. The highest BCUT2D eigenvalue weighted by molar-refractivity contribution is 8.16. The average molecular weight is 484 g/mol. The molecule has 2 atom stereocenters. The van der Waals surface area contributed by atoms with Crippen LogP contribution in [0.4, 0.5) is 0 Å². The monoisotopic (exact) mass is 482 g/mol. The minimum Gasteiger partial charge on any atom is -0.293 e. The van der Waals surface area contributed by atoms with Crippen LogP contribution in [-0.4, -0.2) is 10.6 Å². The van der Waals surface area contributed by atoms with Crippen LogP contribution in [0.3, 0.4) is 0 Å². The van der Waals surface area contributed by atoms with E-state index in [2.05, 4.69) is 45.0 Å². The van der Waals surface area contributed by atoms with E-state index in [1.54, 1.807) is 12.1 Å². The highest BCUT2D eigenvalue weighted by Crippen LogP contribution is 2.49.